The Morgan fingerprint density at radius 3 is 2.53 bits per heavy atom. The minimum absolute atomic E-state index is 0.352. The van der Waals surface area contributed by atoms with Crippen LogP contribution in [0.5, 0.6) is 0 Å². The van der Waals surface area contributed by atoms with Crippen LogP contribution >= 0.6 is 0 Å². The van der Waals surface area contributed by atoms with Gasteiger partial charge < -0.3 is 5.11 Å². The molecule has 1 atom stereocenters. The summed E-state index contributed by atoms with van der Waals surface area (Å²) in [7, 11) is 0. The number of nitro groups is 1. The van der Waals surface area contributed by atoms with Crippen LogP contribution < -0.4 is 0 Å². The number of hydrogen-bond donors (Lipinski definition) is 1. The van der Waals surface area contributed by atoms with Gasteiger partial charge in [0.25, 0.3) is 12.1 Å². The lowest BCUT2D eigenvalue weighted by Crippen LogP contribution is -2.10. The molecule has 0 aliphatic heterocycles. The van der Waals surface area contributed by atoms with Crippen molar-refractivity contribution in [1.29, 1.82) is 0 Å². The number of benzene rings is 1. The summed E-state index contributed by atoms with van der Waals surface area (Å²) in [6, 6.07) is 3.73. The first kappa shape index (κ1) is 11.5. The number of aliphatic hydroxyl groups is 1. The lowest BCUT2D eigenvalue weighted by atomic mass is 10.0. The zero-order chi connectivity index (χ0) is 11.6. The summed E-state index contributed by atoms with van der Waals surface area (Å²) in [5.41, 5.74) is -0.265. The molecule has 0 spiro atoms. The van der Waals surface area contributed by atoms with E-state index in [4.69, 9.17) is 5.11 Å². The topological polar surface area (TPSA) is 63.4 Å². The maximum Gasteiger partial charge on any atom is 0.275 e. The first-order valence-electron chi connectivity index (χ1n) is 4.14. The van der Waals surface area contributed by atoms with Gasteiger partial charge in [-0.1, -0.05) is 11.6 Å². The normalized spacial score (nSPS) is 12.9. The van der Waals surface area contributed by atoms with E-state index < -0.39 is 23.1 Å². The number of halogens is 2. The Kier molecular flexibility index (Phi) is 3.31. The molecule has 0 aromatic heterocycles. The van der Waals surface area contributed by atoms with Crippen LogP contribution in [0.4, 0.5) is 14.5 Å². The fourth-order valence-corrected chi connectivity index (χ4v) is 1.21. The van der Waals surface area contributed by atoms with Crippen molar-refractivity contribution in [2.75, 3.05) is 0 Å². The van der Waals surface area contributed by atoms with Gasteiger partial charge in [-0.15, -0.1) is 0 Å². The summed E-state index contributed by atoms with van der Waals surface area (Å²) in [5, 5.41) is 19.6. The first-order chi connectivity index (χ1) is 6.93. The van der Waals surface area contributed by atoms with E-state index in [1.807, 2.05) is 0 Å². The van der Waals surface area contributed by atoms with Gasteiger partial charge in [0.05, 0.1) is 10.5 Å². The molecule has 1 N–H and O–H groups in total. The van der Waals surface area contributed by atoms with E-state index in [9.17, 15) is 18.9 Å². The molecule has 0 fully saturated rings. The van der Waals surface area contributed by atoms with Gasteiger partial charge in [0, 0.05) is 6.07 Å². The van der Waals surface area contributed by atoms with Crippen molar-refractivity contribution >= 4 is 5.69 Å². The second kappa shape index (κ2) is 4.31. The molecule has 4 nitrogen and oxygen atoms in total. The van der Waals surface area contributed by atoms with Crippen LogP contribution in [0, 0.1) is 17.0 Å². The molecule has 0 saturated carbocycles. The molecule has 0 heterocycles. The number of alkyl halides is 2. The molecule has 82 valence electrons. The molecule has 1 rings (SSSR count). The molecule has 0 bridgehead atoms. The minimum Gasteiger partial charge on any atom is -0.382 e. The van der Waals surface area contributed by atoms with E-state index in [0.29, 0.717) is 5.56 Å². The number of aliphatic hydroxyl groups excluding tert-OH is 1. The van der Waals surface area contributed by atoms with E-state index in [0.717, 1.165) is 6.07 Å². The second-order valence-electron chi connectivity index (χ2n) is 3.10. The van der Waals surface area contributed by atoms with Gasteiger partial charge in [0.15, 0.2) is 0 Å². The SMILES string of the molecule is Cc1ccc([N+](=O)[O-])c(C(O)C(F)F)c1. The molecule has 0 aliphatic rings. The zero-order valence-corrected chi connectivity index (χ0v) is 7.85. The monoisotopic (exact) mass is 217 g/mol. The first-order valence-corrected chi connectivity index (χ1v) is 4.14. The molecular weight excluding hydrogens is 208 g/mol. The fraction of sp³-hybridized carbons (Fsp3) is 0.333. The third-order valence-electron chi connectivity index (χ3n) is 1.94. The van der Waals surface area contributed by atoms with Gasteiger partial charge >= 0.3 is 0 Å². The Bertz CT molecular complexity index is 382. The predicted octanol–water partition coefficient (Wildman–Crippen LogP) is 2.20. The highest BCUT2D eigenvalue weighted by Gasteiger charge is 2.27. The maximum absolute atomic E-state index is 12.2. The van der Waals surface area contributed by atoms with E-state index >= 15 is 0 Å². The van der Waals surface area contributed by atoms with Crippen LogP contribution in [0.25, 0.3) is 0 Å². The molecule has 0 aliphatic carbocycles. The summed E-state index contributed by atoms with van der Waals surface area (Å²) in [6.45, 7) is 1.60. The Morgan fingerprint density at radius 1 is 1.47 bits per heavy atom. The van der Waals surface area contributed by atoms with Crippen LogP contribution in [-0.4, -0.2) is 16.5 Å². The van der Waals surface area contributed by atoms with Gasteiger partial charge in [0.1, 0.15) is 6.10 Å². The average Bonchev–Trinajstić information content (AvgIpc) is 2.15. The smallest absolute Gasteiger partial charge is 0.275 e. The van der Waals surface area contributed by atoms with Gasteiger partial charge in [-0.25, -0.2) is 8.78 Å². The van der Waals surface area contributed by atoms with Crippen LogP contribution in [0.2, 0.25) is 0 Å². The number of nitrogens with zero attached hydrogens (tertiary/aromatic N) is 1. The minimum atomic E-state index is -3.04. The third kappa shape index (κ3) is 2.47. The van der Waals surface area contributed by atoms with Crippen molar-refractivity contribution < 1.29 is 18.8 Å². The van der Waals surface area contributed by atoms with Gasteiger partial charge in [-0.05, 0) is 13.0 Å². The van der Waals surface area contributed by atoms with E-state index in [-0.39, 0.29) is 5.56 Å². The van der Waals surface area contributed by atoms with Crippen LogP contribution in [-0.2, 0) is 0 Å². The maximum atomic E-state index is 12.2. The van der Waals surface area contributed by atoms with Crippen molar-refractivity contribution in [2.24, 2.45) is 0 Å². The summed E-state index contributed by atoms with van der Waals surface area (Å²) in [6.07, 6.45) is -5.16. The third-order valence-corrected chi connectivity index (χ3v) is 1.94. The van der Waals surface area contributed by atoms with Crippen LogP contribution in [0.15, 0.2) is 18.2 Å². The molecule has 1 aromatic carbocycles. The Hall–Kier alpha value is -1.56. The highest BCUT2D eigenvalue weighted by Crippen LogP contribution is 2.29. The molecule has 0 saturated heterocycles. The van der Waals surface area contributed by atoms with Crippen molar-refractivity contribution in [3.63, 3.8) is 0 Å². The van der Waals surface area contributed by atoms with Crippen molar-refractivity contribution in [3.05, 3.63) is 39.4 Å². The molecule has 1 aromatic rings. The lowest BCUT2D eigenvalue weighted by molar-refractivity contribution is -0.386. The summed E-state index contributed by atoms with van der Waals surface area (Å²) in [4.78, 5) is 9.72. The number of rotatable bonds is 3. The standard InChI is InChI=1S/C9H9F2NO3/c1-5-2-3-7(12(14)15)6(4-5)8(13)9(10)11/h2-4,8-9,13H,1H3. The molecule has 15 heavy (non-hydrogen) atoms. The molecule has 0 radical (unpaired) electrons. The Labute approximate surface area is 84.3 Å². The van der Waals surface area contributed by atoms with Gasteiger partial charge in [-0.2, -0.15) is 0 Å². The lowest BCUT2D eigenvalue weighted by Gasteiger charge is -2.10. The van der Waals surface area contributed by atoms with Gasteiger partial charge in [0.2, 0.25) is 0 Å². The molecule has 1 unspecified atom stereocenters. The molecule has 6 heteroatoms. The number of hydrogen-bond acceptors (Lipinski definition) is 3. The van der Waals surface area contributed by atoms with Gasteiger partial charge in [-0.3, -0.25) is 10.1 Å². The fourth-order valence-electron chi connectivity index (χ4n) is 1.21. The zero-order valence-electron chi connectivity index (χ0n) is 7.85. The van der Waals surface area contributed by atoms with Crippen LogP contribution in [0.3, 0.4) is 0 Å². The number of nitro benzene ring substituents is 1. The van der Waals surface area contributed by atoms with E-state index in [1.165, 1.54) is 12.1 Å². The van der Waals surface area contributed by atoms with E-state index in [1.54, 1.807) is 6.92 Å². The van der Waals surface area contributed by atoms with Crippen molar-refractivity contribution in [2.45, 2.75) is 19.5 Å². The Balaban J connectivity index is 3.24. The Morgan fingerprint density at radius 2 is 2.07 bits per heavy atom. The molecular formula is C9H9F2NO3. The highest BCUT2D eigenvalue weighted by atomic mass is 19.3. The van der Waals surface area contributed by atoms with E-state index in [2.05, 4.69) is 0 Å². The van der Waals surface area contributed by atoms with Crippen LogP contribution in [0.1, 0.15) is 17.2 Å². The quantitative estimate of drug-likeness (QED) is 0.623. The van der Waals surface area contributed by atoms with Crippen molar-refractivity contribution in [1.82, 2.24) is 0 Å². The summed E-state index contributed by atoms with van der Waals surface area (Å²) in [5.74, 6) is 0. The summed E-state index contributed by atoms with van der Waals surface area (Å²) < 4.78 is 24.4. The second-order valence-corrected chi connectivity index (χ2v) is 3.10. The highest BCUT2D eigenvalue weighted by molar-refractivity contribution is 5.44. The predicted molar refractivity (Wildman–Crippen MR) is 48.8 cm³/mol. The van der Waals surface area contributed by atoms with Crippen molar-refractivity contribution in [3.8, 4) is 0 Å². The average molecular weight is 217 g/mol. The number of aryl methyl sites for hydroxylation is 1. The summed E-state index contributed by atoms with van der Waals surface area (Å²) >= 11 is 0. The largest absolute Gasteiger partial charge is 0.382 e. The molecule has 0 amide bonds.